The molecule has 112 valence electrons. The first-order valence-electron chi connectivity index (χ1n) is 7.55. The van der Waals surface area contributed by atoms with E-state index in [0.717, 1.165) is 24.9 Å². The van der Waals surface area contributed by atoms with E-state index in [-0.39, 0.29) is 10.6 Å². The van der Waals surface area contributed by atoms with Gasteiger partial charge in [-0.25, -0.2) is 0 Å². The Bertz CT molecular complexity index is 403. The summed E-state index contributed by atoms with van der Waals surface area (Å²) in [6, 6.07) is 7.37. The van der Waals surface area contributed by atoms with E-state index in [1.165, 1.54) is 12.8 Å². The van der Waals surface area contributed by atoms with E-state index in [1.807, 2.05) is 12.1 Å². The van der Waals surface area contributed by atoms with E-state index in [2.05, 4.69) is 26.1 Å². The molecule has 2 unspecified atom stereocenters. The average molecular weight is 278 g/mol. The second-order valence-corrected chi connectivity index (χ2v) is 5.45. The smallest absolute Gasteiger partial charge is 0.269 e. The lowest BCUT2D eigenvalue weighted by Crippen LogP contribution is -2.37. The lowest BCUT2D eigenvalue weighted by atomic mass is 9.91. The van der Waals surface area contributed by atoms with Gasteiger partial charge >= 0.3 is 0 Å². The molecular weight excluding hydrogens is 252 g/mol. The molecule has 0 fully saturated rings. The van der Waals surface area contributed by atoms with Crippen LogP contribution in [0.3, 0.4) is 0 Å². The molecule has 0 aliphatic heterocycles. The minimum atomic E-state index is -0.351. The van der Waals surface area contributed by atoms with Crippen molar-refractivity contribution in [1.29, 1.82) is 0 Å². The van der Waals surface area contributed by atoms with E-state index >= 15 is 0 Å². The summed E-state index contributed by atoms with van der Waals surface area (Å²) in [5.41, 5.74) is 1.32. The summed E-state index contributed by atoms with van der Waals surface area (Å²) in [5.74, 6) is 0.613. The number of rotatable bonds is 9. The van der Waals surface area contributed by atoms with Crippen LogP contribution in [0.5, 0.6) is 0 Å². The van der Waals surface area contributed by atoms with Crippen molar-refractivity contribution in [3.63, 3.8) is 0 Å². The number of benzene rings is 1. The van der Waals surface area contributed by atoms with Gasteiger partial charge in [0.15, 0.2) is 0 Å². The fourth-order valence-corrected chi connectivity index (χ4v) is 2.47. The quantitative estimate of drug-likeness (QED) is 0.550. The summed E-state index contributed by atoms with van der Waals surface area (Å²) in [5, 5.41) is 14.3. The minimum Gasteiger partial charge on any atom is -0.313 e. The Morgan fingerprint density at radius 1 is 1.20 bits per heavy atom. The van der Waals surface area contributed by atoms with Crippen molar-refractivity contribution in [1.82, 2.24) is 5.32 Å². The third kappa shape index (κ3) is 5.29. The minimum absolute atomic E-state index is 0.161. The first-order chi connectivity index (χ1) is 9.58. The number of non-ortho nitro benzene ring substituents is 1. The first kappa shape index (κ1) is 16.6. The number of hydrogen-bond acceptors (Lipinski definition) is 3. The highest BCUT2D eigenvalue weighted by Gasteiger charge is 2.16. The van der Waals surface area contributed by atoms with Crippen LogP contribution in [0.25, 0.3) is 0 Å². The second-order valence-electron chi connectivity index (χ2n) is 5.45. The van der Waals surface area contributed by atoms with Gasteiger partial charge in [0.1, 0.15) is 0 Å². The Balaban J connectivity index is 2.69. The molecule has 0 amide bonds. The first-order valence-corrected chi connectivity index (χ1v) is 7.55. The largest absolute Gasteiger partial charge is 0.313 e. The van der Waals surface area contributed by atoms with Crippen LogP contribution in [0.4, 0.5) is 5.69 Å². The lowest BCUT2D eigenvalue weighted by molar-refractivity contribution is -0.384. The Labute approximate surface area is 121 Å². The molecule has 1 aromatic rings. The zero-order chi connectivity index (χ0) is 15.0. The molecule has 1 N–H and O–H groups in total. The van der Waals surface area contributed by atoms with Crippen LogP contribution in [0.2, 0.25) is 0 Å². The SMILES string of the molecule is CCCNC(Cc1ccc([N+](=O)[O-])cc1)C(C)CCC. The summed E-state index contributed by atoms with van der Waals surface area (Å²) < 4.78 is 0. The van der Waals surface area contributed by atoms with Crippen LogP contribution in [0.15, 0.2) is 24.3 Å². The molecule has 4 nitrogen and oxygen atoms in total. The van der Waals surface area contributed by atoms with Crippen molar-refractivity contribution in [3.8, 4) is 0 Å². The maximum Gasteiger partial charge on any atom is 0.269 e. The third-order valence-corrected chi connectivity index (χ3v) is 3.69. The fourth-order valence-electron chi connectivity index (χ4n) is 2.47. The molecule has 0 saturated heterocycles. The van der Waals surface area contributed by atoms with Crippen molar-refractivity contribution in [2.45, 2.75) is 52.5 Å². The van der Waals surface area contributed by atoms with Gasteiger partial charge in [-0.3, -0.25) is 10.1 Å². The molecule has 0 radical (unpaired) electrons. The highest BCUT2D eigenvalue weighted by atomic mass is 16.6. The van der Waals surface area contributed by atoms with Crippen LogP contribution in [0, 0.1) is 16.0 Å². The fraction of sp³-hybridized carbons (Fsp3) is 0.625. The Morgan fingerprint density at radius 3 is 2.35 bits per heavy atom. The number of nitro groups is 1. The van der Waals surface area contributed by atoms with Crippen LogP contribution >= 0.6 is 0 Å². The molecule has 0 saturated carbocycles. The molecule has 4 heteroatoms. The maximum absolute atomic E-state index is 10.7. The van der Waals surface area contributed by atoms with Crippen LogP contribution in [-0.2, 0) is 6.42 Å². The van der Waals surface area contributed by atoms with Crippen LogP contribution in [0.1, 0.15) is 45.6 Å². The Kier molecular flexibility index (Phi) is 7.23. The highest BCUT2D eigenvalue weighted by molar-refractivity contribution is 5.33. The van der Waals surface area contributed by atoms with Crippen LogP contribution < -0.4 is 5.32 Å². The normalized spacial score (nSPS) is 13.9. The molecule has 0 aliphatic carbocycles. The van der Waals surface area contributed by atoms with Gasteiger partial charge in [0.05, 0.1) is 4.92 Å². The summed E-state index contributed by atoms with van der Waals surface area (Å²) in [4.78, 5) is 10.3. The molecule has 0 aliphatic rings. The van der Waals surface area contributed by atoms with E-state index in [1.54, 1.807) is 12.1 Å². The molecular formula is C16H26N2O2. The summed E-state index contributed by atoms with van der Waals surface area (Å²) in [6.45, 7) is 7.67. The molecule has 20 heavy (non-hydrogen) atoms. The predicted molar refractivity (Wildman–Crippen MR) is 83.0 cm³/mol. The van der Waals surface area contributed by atoms with E-state index < -0.39 is 0 Å². The van der Waals surface area contributed by atoms with E-state index in [0.29, 0.717) is 12.0 Å². The van der Waals surface area contributed by atoms with Gasteiger partial charge in [0.2, 0.25) is 0 Å². The molecule has 0 aromatic heterocycles. The van der Waals surface area contributed by atoms with Crippen molar-refractivity contribution in [2.24, 2.45) is 5.92 Å². The summed E-state index contributed by atoms with van der Waals surface area (Å²) >= 11 is 0. The van der Waals surface area contributed by atoms with Gasteiger partial charge in [-0.05, 0) is 37.3 Å². The molecule has 0 heterocycles. The van der Waals surface area contributed by atoms with Crippen molar-refractivity contribution in [3.05, 3.63) is 39.9 Å². The molecule has 0 bridgehead atoms. The van der Waals surface area contributed by atoms with Crippen molar-refractivity contribution >= 4 is 5.69 Å². The highest BCUT2D eigenvalue weighted by Crippen LogP contribution is 2.18. The van der Waals surface area contributed by atoms with Gasteiger partial charge < -0.3 is 5.32 Å². The molecule has 2 atom stereocenters. The van der Waals surface area contributed by atoms with Gasteiger partial charge in [-0.15, -0.1) is 0 Å². The number of nitro benzene ring substituents is 1. The van der Waals surface area contributed by atoms with E-state index in [4.69, 9.17) is 0 Å². The van der Waals surface area contributed by atoms with Crippen molar-refractivity contribution in [2.75, 3.05) is 6.54 Å². The van der Waals surface area contributed by atoms with Gasteiger partial charge in [-0.1, -0.05) is 39.3 Å². The zero-order valence-electron chi connectivity index (χ0n) is 12.8. The molecule has 1 rings (SSSR count). The topological polar surface area (TPSA) is 55.2 Å². The van der Waals surface area contributed by atoms with E-state index in [9.17, 15) is 10.1 Å². The summed E-state index contributed by atoms with van der Waals surface area (Å²) in [6.07, 6.45) is 4.44. The van der Waals surface area contributed by atoms with Crippen molar-refractivity contribution < 1.29 is 4.92 Å². The lowest BCUT2D eigenvalue weighted by Gasteiger charge is -2.25. The second kappa shape index (κ2) is 8.69. The monoisotopic (exact) mass is 278 g/mol. The predicted octanol–water partition coefficient (Wildman–Crippen LogP) is 3.94. The number of nitrogens with one attached hydrogen (secondary N) is 1. The zero-order valence-corrected chi connectivity index (χ0v) is 12.8. The third-order valence-electron chi connectivity index (χ3n) is 3.69. The number of hydrogen-bond donors (Lipinski definition) is 1. The Morgan fingerprint density at radius 2 is 1.85 bits per heavy atom. The maximum atomic E-state index is 10.7. The standard InChI is InChI=1S/C16H26N2O2/c1-4-6-13(3)16(17-11-5-2)12-14-7-9-15(10-8-14)18(19)20/h7-10,13,16-17H,4-6,11-12H2,1-3H3. The van der Waals surface area contributed by atoms with Gasteiger partial charge in [0.25, 0.3) is 5.69 Å². The Hall–Kier alpha value is -1.42. The molecule has 0 spiro atoms. The summed E-state index contributed by atoms with van der Waals surface area (Å²) in [7, 11) is 0. The average Bonchev–Trinajstić information content (AvgIpc) is 2.44. The number of nitrogens with zero attached hydrogens (tertiary/aromatic N) is 1. The molecule has 1 aromatic carbocycles. The van der Waals surface area contributed by atoms with Gasteiger partial charge in [0, 0.05) is 18.2 Å². The van der Waals surface area contributed by atoms with Crippen LogP contribution in [-0.4, -0.2) is 17.5 Å². The van der Waals surface area contributed by atoms with Gasteiger partial charge in [-0.2, -0.15) is 0 Å².